The first-order valence-electron chi connectivity index (χ1n) is 14.6. The van der Waals surface area contributed by atoms with Crippen molar-refractivity contribution in [1.29, 1.82) is 0 Å². The van der Waals surface area contributed by atoms with E-state index < -0.39 is 18.3 Å². The fraction of sp³-hybridized carbons (Fsp3) is 0.162. The highest BCUT2D eigenvalue weighted by Crippen LogP contribution is 2.43. The van der Waals surface area contributed by atoms with Crippen molar-refractivity contribution in [3.63, 3.8) is 0 Å². The highest BCUT2D eigenvalue weighted by Gasteiger charge is 2.51. The largest absolute Gasteiger partial charge is 0.494 e. The van der Waals surface area contributed by atoms with Gasteiger partial charge in [-0.1, -0.05) is 84.9 Å². The fourth-order valence-electron chi connectivity index (χ4n) is 6.36. The van der Waals surface area contributed by atoms with E-state index in [2.05, 4.69) is 148 Å². The predicted octanol–water partition coefficient (Wildman–Crippen LogP) is 8.45. The molecule has 2 aromatic heterocycles. The van der Waals surface area contributed by atoms with Crippen LogP contribution in [0.2, 0.25) is 0 Å². The topological polar surface area (TPSA) is 36.3 Å². The van der Waals surface area contributed by atoms with Crippen molar-refractivity contribution in [3.8, 4) is 16.9 Å². The second kappa shape index (κ2) is 9.03. The molecule has 1 saturated heterocycles. The number of nitrogens with zero attached hydrogens (tertiary/aromatic N) is 2. The number of hydrogen-bond donors (Lipinski definition) is 0. The molecule has 5 heteroatoms. The molecular formula is C37H31BN2O2. The molecule has 4 nitrogen and oxygen atoms in total. The molecule has 0 aliphatic carbocycles. The third-order valence-electron chi connectivity index (χ3n) is 9.21. The quantitative estimate of drug-likeness (QED) is 0.165. The molecule has 3 heterocycles. The molecule has 7 aromatic rings. The van der Waals surface area contributed by atoms with Crippen LogP contribution in [0.4, 0.5) is 0 Å². The SMILES string of the molecule is CC1(C)OB(c2ccc3c4c5c(-c6ccccc6)nc6ccccc6c5ccc4n(-c4ccccc4)c3c2)OC1(C)C. The van der Waals surface area contributed by atoms with Crippen LogP contribution in [0.15, 0.2) is 115 Å². The Morgan fingerprint density at radius 2 is 1.24 bits per heavy atom. The molecule has 0 radical (unpaired) electrons. The Morgan fingerprint density at radius 3 is 1.98 bits per heavy atom. The molecule has 0 atom stereocenters. The van der Waals surface area contributed by atoms with Gasteiger partial charge >= 0.3 is 7.12 Å². The Morgan fingerprint density at radius 1 is 0.595 bits per heavy atom. The lowest BCUT2D eigenvalue weighted by molar-refractivity contribution is 0.00578. The van der Waals surface area contributed by atoms with Crippen molar-refractivity contribution in [3.05, 3.63) is 115 Å². The summed E-state index contributed by atoms with van der Waals surface area (Å²) in [5, 5.41) is 5.90. The van der Waals surface area contributed by atoms with Gasteiger partial charge in [0.05, 0.1) is 33.4 Å². The number of pyridine rings is 1. The van der Waals surface area contributed by atoms with Gasteiger partial charge in [-0.3, -0.25) is 0 Å². The van der Waals surface area contributed by atoms with Crippen LogP contribution in [0, 0.1) is 0 Å². The number of para-hydroxylation sites is 2. The number of fused-ring (bicyclic) bond motifs is 7. The van der Waals surface area contributed by atoms with E-state index in [1.54, 1.807) is 0 Å². The van der Waals surface area contributed by atoms with Gasteiger partial charge in [-0.25, -0.2) is 4.98 Å². The monoisotopic (exact) mass is 546 g/mol. The molecule has 0 N–H and O–H groups in total. The fourth-order valence-corrected chi connectivity index (χ4v) is 6.36. The van der Waals surface area contributed by atoms with Gasteiger partial charge in [-0.2, -0.15) is 0 Å². The van der Waals surface area contributed by atoms with Gasteiger partial charge in [0.25, 0.3) is 0 Å². The highest BCUT2D eigenvalue weighted by atomic mass is 16.7. The predicted molar refractivity (Wildman–Crippen MR) is 175 cm³/mol. The molecule has 1 fully saturated rings. The number of rotatable bonds is 3. The van der Waals surface area contributed by atoms with Gasteiger partial charge in [-0.05, 0) is 68.9 Å². The minimum absolute atomic E-state index is 0.410. The second-order valence-electron chi connectivity index (χ2n) is 12.3. The van der Waals surface area contributed by atoms with Crippen LogP contribution in [0.1, 0.15) is 27.7 Å². The van der Waals surface area contributed by atoms with E-state index in [1.807, 2.05) is 0 Å². The molecule has 204 valence electrons. The summed E-state index contributed by atoms with van der Waals surface area (Å²) in [6.07, 6.45) is 0. The lowest BCUT2D eigenvalue weighted by Crippen LogP contribution is -2.41. The summed E-state index contributed by atoms with van der Waals surface area (Å²) in [6.45, 7) is 8.39. The van der Waals surface area contributed by atoms with E-state index in [1.165, 1.54) is 21.5 Å². The zero-order valence-electron chi connectivity index (χ0n) is 24.3. The summed E-state index contributed by atoms with van der Waals surface area (Å²) in [5.74, 6) is 0. The Bertz CT molecular complexity index is 2130. The van der Waals surface area contributed by atoms with Gasteiger partial charge in [0.15, 0.2) is 0 Å². The van der Waals surface area contributed by atoms with E-state index in [0.717, 1.165) is 44.3 Å². The lowest BCUT2D eigenvalue weighted by Gasteiger charge is -2.32. The van der Waals surface area contributed by atoms with Gasteiger partial charge in [0.1, 0.15) is 0 Å². The molecular weight excluding hydrogens is 515 g/mol. The summed E-state index contributed by atoms with van der Waals surface area (Å²) in [5.41, 5.74) is 6.66. The maximum Gasteiger partial charge on any atom is 0.494 e. The van der Waals surface area contributed by atoms with Gasteiger partial charge in [0.2, 0.25) is 0 Å². The van der Waals surface area contributed by atoms with Crippen molar-refractivity contribution in [2.75, 3.05) is 0 Å². The third kappa shape index (κ3) is 3.67. The van der Waals surface area contributed by atoms with Crippen molar-refractivity contribution in [1.82, 2.24) is 9.55 Å². The summed E-state index contributed by atoms with van der Waals surface area (Å²) in [7, 11) is -0.441. The first-order chi connectivity index (χ1) is 20.3. The van der Waals surface area contributed by atoms with Crippen molar-refractivity contribution in [2.24, 2.45) is 0 Å². The van der Waals surface area contributed by atoms with E-state index in [9.17, 15) is 0 Å². The Kier molecular flexibility index (Phi) is 5.43. The molecule has 0 spiro atoms. The summed E-state index contributed by atoms with van der Waals surface area (Å²) >= 11 is 0. The molecule has 0 unspecified atom stereocenters. The van der Waals surface area contributed by atoms with E-state index in [4.69, 9.17) is 14.3 Å². The van der Waals surface area contributed by atoms with Crippen LogP contribution in [0.5, 0.6) is 0 Å². The molecule has 42 heavy (non-hydrogen) atoms. The van der Waals surface area contributed by atoms with Crippen LogP contribution < -0.4 is 5.46 Å². The Balaban J connectivity index is 1.51. The summed E-state index contributed by atoms with van der Waals surface area (Å²) in [4.78, 5) is 5.28. The maximum atomic E-state index is 6.47. The maximum absolute atomic E-state index is 6.47. The van der Waals surface area contributed by atoms with Gasteiger partial charge in [0, 0.05) is 32.8 Å². The normalized spacial score (nSPS) is 16.2. The van der Waals surface area contributed by atoms with Crippen LogP contribution >= 0.6 is 0 Å². The zero-order valence-corrected chi connectivity index (χ0v) is 24.3. The molecule has 0 bridgehead atoms. The van der Waals surface area contributed by atoms with Crippen LogP contribution in [-0.2, 0) is 9.31 Å². The third-order valence-corrected chi connectivity index (χ3v) is 9.21. The Hall–Kier alpha value is -4.45. The standard InChI is InChI=1S/C37H31BN2O2/c1-36(2)37(3,4)42-38(41-36)25-19-20-29-32(23-25)40(26-15-9-6-10-16-26)31-22-21-28-27-17-11-12-18-30(27)39-35(34(28)33(29)31)24-13-7-5-8-14-24/h5-23H,1-4H3. The molecule has 1 aliphatic heterocycles. The van der Waals surface area contributed by atoms with E-state index in [-0.39, 0.29) is 0 Å². The van der Waals surface area contributed by atoms with Crippen molar-refractivity contribution < 1.29 is 9.31 Å². The number of benzene rings is 5. The first kappa shape index (κ1) is 25.3. The van der Waals surface area contributed by atoms with E-state index in [0.29, 0.717) is 0 Å². The number of hydrogen-bond acceptors (Lipinski definition) is 3. The molecule has 0 saturated carbocycles. The van der Waals surface area contributed by atoms with Crippen molar-refractivity contribution >= 4 is 56.1 Å². The minimum atomic E-state index is -0.441. The smallest absolute Gasteiger partial charge is 0.399 e. The Labute approximate surface area is 245 Å². The molecule has 5 aromatic carbocycles. The summed E-state index contributed by atoms with van der Waals surface area (Å²) < 4.78 is 15.3. The van der Waals surface area contributed by atoms with Crippen LogP contribution in [0.3, 0.4) is 0 Å². The zero-order chi connectivity index (χ0) is 28.6. The minimum Gasteiger partial charge on any atom is -0.399 e. The summed E-state index contributed by atoms with van der Waals surface area (Å²) in [6, 6.07) is 40.7. The van der Waals surface area contributed by atoms with Crippen LogP contribution in [-0.4, -0.2) is 27.9 Å². The average molecular weight is 546 g/mol. The molecule has 8 rings (SSSR count). The second-order valence-corrected chi connectivity index (χ2v) is 12.3. The lowest BCUT2D eigenvalue weighted by atomic mass is 9.78. The highest BCUT2D eigenvalue weighted by molar-refractivity contribution is 6.62. The van der Waals surface area contributed by atoms with Gasteiger partial charge < -0.3 is 13.9 Å². The average Bonchev–Trinajstić information content (AvgIpc) is 3.46. The van der Waals surface area contributed by atoms with Crippen LogP contribution in [0.25, 0.3) is 60.4 Å². The first-order valence-corrected chi connectivity index (χ1v) is 14.6. The molecule has 1 aliphatic rings. The van der Waals surface area contributed by atoms with E-state index >= 15 is 0 Å². The van der Waals surface area contributed by atoms with Crippen molar-refractivity contribution in [2.45, 2.75) is 38.9 Å². The number of aromatic nitrogens is 2. The molecule has 0 amide bonds. The van der Waals surface area contributed by atoms with Gasteiger partial charge in [-0.15, -0.1) is 0 Å².